The van der Waals surface area contributed by atoms with E-state index in [9.17, 15) is 14.7 Å². The predicted molar refractivity (Wildman–Crippen MR) is 99.1 cm³/mol. The number of para-hydroxylation sites is 3. The number of nitrogens with zero attached hydrogens (tertiary/aromatic N) is 2. The number of methoxy groups -OCH3 is 1. The fourth-order valence-corrected chi connectivity index (χ4v) is 3.82. The van der Waals surface area contributed by atoms with Gasteiger partial charge in [0, 0.05) is 5.56 Å². The summed E-state index contributed by atoms with van der Waals surface area (Å²) in [6.07, 6.45) is 1.64. The minimum Gasteiger partial charge on any atom is -0.546 e. The molecule has 0 saturated heterocycles. The van der Waals surface area contributed by atoms with Crippen LogP contribution in [0.3, 0.4) is 0 Å². The molecule has 7 nitrogen and oxygen atoms in total. The maximum absolute atomic E-state index is 12.9. The van der Waals surface area contributed by atoms with Gasteiger partial charge in [0.05, 0.1) is 28.6 Å². The molecule has 27 heavy (non-hydrogen) atoms. The number of carbonyl (C=O) groups is 1. The van der Waals surface area contributed by atoms with E-state index >= 15 is 0 Å². The van der Waals surface area contributed by atoms with Gasteiger partial charge < -0.3 is 19.4 Å². The summed E-state index contributed by atoms with van der Waals surface area (Å²) in [5.74, 6) is -0.749. The standard InChI is InChI=1S/C19H14N2O5S/c1-25-14-8-4-5-11(17(14)26-10-16(22)23)9-15-18(24)21-13-7-3-2-6-12(13)20-19(21)27-15/h2-9H,10H2,1H3,(H,22,23)/p-1/b15-9-. The molecule has 0 spiro atoms. The molecule has 0 aliphatic heterocycles. The lowest BCUT2D eigenvalue weighted by Gasteiger charge is -2.13. The number of benzene rings is 2. The van der Waals surface area contributed by atoms with Crippen LogP contribution in [0.15, 0.2) is 47.3 Å². The van der Waals surface area contributed by atoms with Crippen molar-refractivity contribution < 1.29 is 19.4 Å². The summed E-state index contributed by atoms with van der Waals surface area (Å²) in [5.41, 5.74) is 1.83. The Hall–Kier alpha value is -3.39. The molecular weight excluding hydrogens is 368 g/mol. The number of carboxylic acids is 1. The third kappa shape index (κ3) is 3.00. The number of carboxylic acid groups (broad SMARTS) is 1. The van der Waals surface area contributed by atoms with Crippen molar-refractivity contribution in [3.8, 4) is 11.5 Å². The summed E-state index contributed by atoms with van der Waals surface area (Å²) in [6.45, 7) is -0.621. The van der Waals surface area contributed by atoms with Crippen LogP contribution in [-0.4, -0.2) is 29.1 Å². The molecule has 2 aromatic carbocycles. The number of thiazole rings is 1. The van der Waals surface area contributed by atoms with Crippen LogP contribution in [0.2, 0.25) is 0 Å². The SMILES string of the molecule is COc1cccc(/C=c2\sc3nc4ccccc4n3c2=O)c1OCC(=O)[O-]. The summed E-state index contributed by atoms with van der Waals surface area (Å²) in [4.78, 5) is 28.7. The van der Waals surface area contributed by atoms with Crippen molar-refractivity contribution in [1.29, 1.82) is 0 Å². The van der Waals surface area contributed by atoms with Crippen LogP contribution in [0.4, 0.5) is 0 Å². The first-order valence-corrected chi connectivity index (χ1v) is 8.81. The Labute approximate surface area is 156 Å². The van der Waals surface area contributed by atoms with Gasteiger partial charge in [-0.15, -0.1) is 0 Å². The van der Waals surface area contributed by atoms with E-state index in [1.165, 1.54) is 18.4 Å². The second-order valence-electron chi connectivity index (χ2n) is 5.67. The average molecular weight is 381 g/mol. The molecular formula is C19H13N2O5S-. The highest BCUT2D eigenvalue weighted by molar-refractivity contribution is 7.15. The largest absolute Gasteiger partial charge is 0.546 e. The fraction of sp³-hybridized carbons (Fsp3) is 0.105. The summed E-state index contributed by atoms with van der Waals surface area (Å²) in [6, 6.07) is 12.5. The number of hydrogen-bond donors (Lipinski definition) is 0. The van der Waals surface area contributed by atoms with Gasteiger partial charge in [-0.05, 0) is 24.3 Å². The lowest BCUT2D eigenvalue weighted by molar-refractivity contribution is -0.307. The van der Waals surface area contributed by atoms with Crippen LogP contribution in [0.5, 0.6) is 11.5 Å². The molecule has 0 amide bonds. The van der Waals surface area contributed by atoms with Gasteiger partial charge in [0.15, 0.2) is 16.5 Å². The minimum atomic E-state index is -1.35. The lowest BCUT2D eigenvalue weighted by Crippen LogP contribution is -2.29. The summed E-state index contributed by atoms with van der Waals surface area (Å²) in [7, 11) is 1.45. The number of ether oxygens (including phenoxy) is 2. The van der Waals surface area contributed by atoms with E-state index in [0.29, 0.717) is 20.8 Å². The topological polar surface area (TPSA) is 93.0 Å². The number of aliphatic carboxylic acids is 1. The molecule has 4 aromatic rings. The summed E-state index contributed by atoms with van der Waals surface area (Å²) >= 11 is 1.25. The first-order chi connectivity index (χ1) is 13.1. The molecule has 2 heterocycles. The maximum atomic E-state index is 12.9. The Morgan fingerprint density at radius 2 is 2.07 bits per heavy atom. The Morgan fingerprint density at radius 1 is 1.26 bits per heavy atom. The van der Waals surface area contributed by atoms with E-state index in [0.717, 1.165) is 11.0 Å². The minimum absolute atomic E-state index is 0.197. The number of hydrogen-bond acceptors (Lipinski definition) is 7. The monoisotopic (exact) mass is 381 g/mol. The number of aromatic nitrogens is 2. The Balaban J connectivity index is 1.90. The average Bonchev–Trinajstić information content (AvgIpc) is 3.17. The predicted octanol–water partition coefficient (Wildman–Crippen LogP) is 0.594. The molecule has 8 heteroatoms. The van der Waals surface area contributed by atoms with Gasteiger partial charge >= 0.3 is 0 Å². The molecule has 2 aromatic heterocycles. The van der Waals surface area contributed by atoms with E-state index < -0.39 is 12.6 Å². The van der Waals surface area contributed by atoms with E-state index in [1.807, 2.05) is 24.3 Å². The number of carbonyl (C=O) groups excluding carboxylic acids is 1. The first-order valence-electron chi connectivity index (χ1n) is 8.00. The first kappa shape index (κ1) is 17.0. The third-order valence-electron chi connectivity index (χ3n) is 4.00. The smallest absolute Gasteiger partial charge is 0.274 e. The van der Waals surface area contributed by atoms with Crippen molar-refractivity contribution in [3.63, 3.8) is 0 Å². The van der Waals surface area contributed by atoms with Crippen LogP contribution in [-0.2, 0) is 4.79 Å². The van der Waals surface area contributed by atoms with Crippen LogP contribution in [0.25, 0.3) is 22.1 Å². The van der Waals surface area contributed by atoms with E-state index in [4.69, 9.17) is 9.47 Å². The zero-order valence-electron chi connectivity index (χ0n) is 14.2. The van der Waals surface area contributed by atoms with Gasteiger partial charge in [0.2, 0.25) is 0 Å². The fourth-order valence-electron chi connectivity index (χ4n) is 2.85. The second-order valence-corrected chi connectivity index (χ2v) is 6.68. The van der Waals surface area contributed by atoms with E-state index in [1.54, 1.807) is 28.7 Å². The normalized spacial score (nSPS) is 12.0. The molecule has 0 N–H and O–H groups in total. The Kier molecular flexibility index (Phi) is 4.25. The van der Waals surface area contributed by atoms with Gasteiger partial charge in [0.25, 0.3) is 5.56 Å². The summed E-state index contributed by atoms with van der Waals surface area (Å²) < 4.78 is 12.6. The van der Waals surface area contributed by atoms with E-state index in [2.05, 4.69) is 4.98 Å². The van der Waals surface area contributed by atoms with Crippen molar-refractivity contribution in [2.75, 3.05) is 13.7 Å². The third-order valence-corrected chi connectivity index (χ3v) is 4.96. The molecule has 0 radical (unpaired) electrons. The highest BCUT2D eigenvalue weighted by Crippen LogP contribution is 2.31. The highest BCUT2D eigenvalue weighted by atomic mass is 32.1. The quantitative estimate of drug-likeness (QED) is 0.502. The highest BCUT2D eigenvalue weighted by Gasteiger charge is 2.13. The molecule has 0 saturated carbocycles. The van der Waals surface area contributed by atoms with Crippen LogP contribution < -0.4 is 24.7 Å². The second kappa shape index (κ2) is 6.73. The number of imidazole rings is 1. The summed E-state index contributed by atoms with van der Waals surface area (Å²) in [5, 5.41) is 10.8. The van der Waals surface area contributed by atoms with Crippen molar-refractivity contribution >= 4 is 39.4 Å². The molecule has 0 unspecified atom stereocenters. The molecule has 0 aliphatic carbocycles. The van der Waals surface area contributed by atoms with Gasteiger partial charge in [-0.1, -0.05) is 35.6 Å². The Morgan fingerprint density at radius 3 is 2.85 bits per heavy atom. The van der Waals surface area contributed by atoms with Gasteiger partial charge in [0.1, 0.15) is 6.61 Å². The lowest BCUT2D eigenvalue weighted by atomic mass is 10.2. The van der Waals surface area contributed by atoms with Crippen LogP contribution in [0, 0.1) is 0 Å². The Bertz CT molecular complexity index is 1270. The number of rotatable bonds is 5. The molecule has 136 valence electrons. The molecule has 0 bridgehead atoms. The van der Waals surface area contributed by atoms with Crippen molar-refractivity contribution in [2.24, 2.45) is 0 Å². The zero-order valence-corrected chi connectivity index (χ0v) is 15.0. The van der Waals surface area contributed by atoms with Crippen molar-refractivity contribution in [3.05, 3.63) is 62.9 Å². The van der Waals surface area contributed by atoms with Gasteiger partial charge in [-0.3, -0.25) is 4.79 Å². The maximum Gasteiger partial charge on any atom is 0.274 e. The molecule has 0 aliphatic rings. The van der Waals surface area contributed by atoms with Crippen molar-refractivity contribution in [2.45, 2.75) is 0 Å². The molecule has 4 rings (SSSR count). The molecule has 0 atom stereocenters. The van der Waals surface area contributed by atoms with Gasteiger partial charge in [-0.2, -0.15) is 0 Å². The van der Waals surface area contributed by atoms with Gasteiger partial charge in [-0.25, -0.2) is 9.38 Å². The van der Waals surface area contributed by atoms with E-state index in [-0.39, 0.29) is 11.3 Å². The molecule has 0 fully saturated rings. The van der Waals surface area contributed by atoms with Crippen LogP contribution in [0.1, 0.15) is 5.56 Å². The number of fused-ring (bicyclic) bond motifs is 3. The van der Waals surface area contributed by atoms with Crippen molar-refractivity contribution in [1.82, 2.24) is 9.38 Å². The van der Waals surface area contributed by atoms with Crippen LogP contribution >= 0.6 is 11.3 Å². The zero-order chi connectivity index (χ0) is 19.0.